The molecule has 1 aromatic heterocycles. The molecule has 0 amide bonds. The molecule has 0 aromatic carbocycles. The van der Waals surface area contributed by atoms with Gasteiger partial charge in [0, 0.05) is 26.3 Å². The van der Waals surface area contributed by atoms with Gasteiger partial charge in [0.2, 0.25) is 5.13 Å². The first kappa shape index (κ1) is 12.4. The third-order valence-corrected chi connectivity index (χ3v) is 3.99. The van der Waals surface area contributed by atoms with Crippen molar-refractivity contribution in [3.05, 3.63) is 0 Å². The molecular weight excluding hydrogens is 230 g/mol. The maximum Gasteiger partial charge on any atom is 0.208 e. The molecule has 0 spiro atoms. The molecule has 0 unspecified atom stereocenters. The smallest absolute Gasteiger partial charge is 0.208 e. The fraction of sp³-hybridized carbons (Fsp3) is 0.667. The molecule has 6 heteroatoms. The highest BCUT2D eigenvalue weighted by atomic mass is 32.2. The molecule has 0 radical (unpaired) electrons. The third kappa shape index (κ3) is 4.61. The standard InChI is InChI=1S/C9H15N3OS2/c1-7(13)5-4-6-14-9-11-10-8(15-9)12(2)3/h4-6H2,1-3H3. The summed E-state index contributed by atoms with van der Waals surface area (Å²) in [6, 6.07) is 0. The number of anilines is 1. The lowest BCUT2D eigenvalue weighted by Gasteiger charge is -2.03. The number of rotatable bonds is 6. The zero-order valence-electron chi connectivity index (χ0n) is 9.19. The quantitative estimate of drug-likeness (QED) is 0.567. The SMILES string of the molecule is CC(=O)CCCSc1nnc(N(C)C)s1. The molecule has 1 rings (SSSR count). The number of hydrogen-bond acceptors (Lipinski definition) is 6. The Bertz CT molecular complexity index is 325. The minimum Gasteiger partial charge on any atom is -0.353 e. The largest absolute Gasteiger partial charge is 0.353 e. The van der Waals surface area contributed by atoms with E-state index in [2.05, 4.69) is 10.2 Å². The summed E-state index contributed by atoms with van der Waals surface area (Å²) in [7, 11) is 3.90. The molecule has 0 N–H and O–H groups in total. The van der Waals surface area contributed by atoms with E-state index in [-0.39, 0.29) is 5.78 Å². The monoisotopic (exact) mass is 245 g/mol. The molecule has 0 aliphatic rings. The molecular formula is C9H15N3OS2. The molecule has 15 heavy (non-hydrogen) atoms. The van der Waals surface area contributed by atoms with Crippen molar-refractivity contribution in [2.45, 2.75) is 24.1 Å². The average Bonchev–Trinajstić information content (AvgIpc) is 2.60. The lowest BCUT2D eigenvalue weighted by atomic mass is 10.3. The van der Waals surface area contributed by atoms with Crippen LogP contribution in [0.15, 0.2) is 4.34 Å². The van der Waals surface area contributed by atoms with Gasteiger partial charge in [-0.15, -0.1) is 10.2 Å². The van der Waals surface area contributed by atoms with Gasteiger partial charge in [-0.3, -0.25) is 0 Å². The summed E-state index contributed by atoms with van der Waals surface area (Å²) in [4.78, 5) is 12.6. The van der Waals surface area contributed by atoms with Crippen LogP contribution in [0.25, 0.3) is 0 Å². The van der Waals surface area contributed by atoms with Crippen LogP contribution in [0.2, 0.25) is 0 Å². The molecule has 0 atom stereocenters. The Morgan fingerprint density at radius 2 is 2.20 bits per heavy atom. The van der Waals surface area contributed by atoms with Crippen molar-refractivity contribution in [2.75, 3.05) is 24.7 Å². The first-order chi connectivity index (χ1) is 7.09. The van der Waals surface area contributed by atoms with Crippen molar-refractivity contribution in [1.82, 2.24) is 10.2 Å². The molecule has 4 nitrogen and oxygen atoms in total. The molecule has 1 aromatic rings. The minimum atomic E-state index is 0.252. The highest BCUT2D eigenvalue weighted by Gasteiger charge is 2.05. The summed E-state index contributed by atoms with van der Waals surface area (Å²) in [6.45, 7) is 1.62. The Labute approximate surface area is 98.1 Å². The van der Waals surface area contributed by atoms with Crippen LogP contribution < -0.4 is 4.90 Å². The first-order valence-corrected chi connectivity index (χ1v) is 6.53. The first-order valence-electron chi connectivity index (χ1n) is 4.72. The Kier molecular flexibility index (Phi) is 5.04. The molecule has 84 valence electrons. The van der Waals surface area contributed by atoms with Gasteiger partial charge < -0.3 is 9.69 Å². The zero-order valence-corrected chi connectivity index (χ0v) is 10.8. The Hall–Kier alpha value is -0.620. The van der Waals surface area contributed by atoms with Gasteiger partial charge in [-0.1, -0.05) is 23.1 Å². The van der Waals surface area contributed by atoms with Crippen LogP contribution in [0.5, 0.6) is 0 Å². The second kappa shape index (κ2) is 6.07. The fourth-order valence-electron chi connectivity index (χ4n) is 0.922. The van der Waals surface area contributed by atoms with E-state index >= 15 is 0 Å². The van der Waals surface area contributed by atoms with Gasteiger partial charge in [0.05, 0.1) is 0 Å². The maximum absolute atomic E-state index is 10.7. The van der Waals surface area contributed by atoms with E-state index in [1.54, 1.807) is 30.0 Å². The van der Waals surface area contributed by atoms with Crippen LogP contribution in [0.4, 0.5) is 5.13 Å². The predicted molar refractivity (Wildman–Crippen MR) is 64.9 cm³/mol. The topological polar surface area (TPSA) is 46.1 Å². The number of Topliss-reactive ketones (excluding diaryl/α,β-unsaturated/α-hetero) is 1. The fourth-order valence-corrected chi connectivity index (χ4v) is 2.70. The summed E-state index contributed by atoms with van der Waals surface area (Å²) >= 11 is 3.25. The van der Waals surface area contributed by atoms with E-state index in [1.807, 2.05) is 19.0 Å². The molecule has 1 heterocycles. The minimum absolute atomic E-state index is 0.252. The number of carbonyl (C=O) groups excluding carboxylic acids is 1. The van der Waals surface area contributed by atoms with Crippen LogP contribution in [-0.4, -0.2) is 35.8 Å². The van der Waals surface area contributed by atoms with Crippen molar-refractivity contribution in [3.63, 3.8) is 0 Å². The van der Waals surface area contributed by atoms with Crippen molar-refractivity contribution in [2.24, 2.45) is 0 Å². The number of aromatic nitrogens is 2. The van der Waals surface area contributed by atoms with Gasteiger partial charge in [0.15, 0.2) is 4.34 Å². The van der Waals surface area contributed by atoms with Crippen molar-refractivity contribution in [3.8, 4) is 0 Å². The van der Waals surface area contributed by atoms with Crippen LogP contribution >= 0.6 is 23.1 Å². The Balaban J connectivity index is 2.28. The summed E-state index contributed by atoms with van der Waals surface area (Å²) in [5.74, 6) is 1.18. The molecule has 0 aliphatic heterocycles. The number of nitrogens with zero attached hydrogens (tertiary/aromatic N) is 3. The summed E-state index contributed by atoms with van der Waals surface area (Å²) in [5.41, 5.74) is 0. The molecule has 0 aliphatic carbocycles. The van der Waals surface area contributed by atoms with E-state index in [9.17, 15) is 4.79 Å². The van der Waals surface area contributed by atoms with Crippen LogP contribution in [0.3, 0.4) is 0 Å². The van der Waals surface area contributed by atoms with Crippen LogP contribution in [0.1, 0.15) is 19.8 Å². The van der Waals surface area contributed by atoms with E-state index in [0.29, 0.717) is 6.42 Å². The van der Waals surface area contributed by atoms with Gasteiger partial charge in [-0.05, 0) is 13.3 Å². The van der Waals surface area contributed by atoms with Gasteiger partial charge >= 0.3 is 0 Å². The second-order valence-electron chi connectivity index (χ2n) is 3.40. The zero-order chi connectivity index (χ0) is 11.3. The van der Waals surface area contributed by atoms with Crippen molar-refractivity contribution >= 4 is 34.0 Å². The summed E-state index contributed by atoms with van der Waals surface area (Å²) in [6.07, 6.45) is 1.57. The highest BCUT2D eigenvalue weighted by Crippen LogP contribution is 2.27. The van der Waals surface area contributed by atoms with Gasteiger partial charge in [-0.2, -0.15) is 0 Å². The predicted octanol–water partition coefficient (Wildman–Crippen LogP) is 2.07. The molecule has 0 saturated carbocycles. The van der Waals surface area contributed by atoms with Gasteiger partial charge in [-0.25, -0.2) is 0 Å². The van der Waals surface area contributed by atoms with Crippen molar-refractivity contribution in [1.29, 1.82) is 0 Å². The summed E-state index contributed by atoms with van der Waals surface area (Å²) < 4.78 is 0.974. The summed E-state index contributed by atoms with van der Waals surface area (Å²) in [5, 5.41) is 9.02. The van der Waals surface area contributed by atoms with E-state index in [0.717, 1.165) is 21.6 Å². The molecule has 0 saturated heterocycles. The normalized spacial score (nSPS) is 10.3. The highest BCUT2D eigenvalue weighted by molar-refractivity contribution is 8.01. The Morgan fingerprint density at radius 3 is 2.73 bits per heavy atom. The molecule has 0 fully saturated rings. The van der Waals surface area contributed by atoms with Gasteiger partial charge in [0.1, 0.15) is 5.78 Å². The lowest BCUT2D eigenvalue weighted by Crippen LogP contribution is -2.07. The number of hydrogen-bond donors (Lipinski definition) is 0. The molecule has 0 bridgehead atoms. The number of thioether (sulfide) groups is 1. The Morgan fingerprint density at radius 1 is 1.47 bits per heavy atom. The number of ketones is 1. The van der Waals surface area contributed by atoms with Crippen molar-refractivity contribution < 1.29 is 4.79 Å². The third-order valence-electron chi connectivity index (χ3n) is 1.68. The van der Waals surface area contributed by atoms with Crippen LogP contribution in [-0.2, 0) is 4.79 Å². The van der Waals surface area contributed by atoms with Crippen LogP contribution in [0, 0.1) is 0 Å². The lowest BCUT2D eigenvalue weighted by molar-refractivity contribution is -0.117. The average molecular weight is 245 g/mol. The van der Waals surface area contributed by atoms with E-state index < -0.39 is 0 Å². The van der Waals surface area contributed by atoms with Gasteiger partial charge in [0.25, 0.3) is 0 Å². The van der Waals surface area contributed by atoms with E-state index in [4.69, 9.17) is 0 Å². The number of carbonyl (C=O) groups is 1. The maximum atomic E-state index is 10.7. The second-order valence-corrected chi connectivity index (χ2v) is 5.70. The van der Waals surface area contributed by atoms with E-state index in [1.165, 1.54) is 0 Å².